The Morgan fingerprint density at radius 2 is 2.09 bits per heavy atom. The zero-order valence-electron chi connectivity index (χ0n) is 13.0. The van der Waals surface area contributed by atoms with Crippen molar-refractivity contribution in [1.82, 2.24) is 9.88 Å². The highest BCUT2D eigenvalue weighted by Gasteiger charge is 2.18. The summed E-state index contributed by atoms with van der Waals surface area (Å²) < 4.78 is 15.4. The number of fused-ring (bicyclic) bond motifs is 3. The normalized spacial score (nSPS) is 13.5. The van der Waals surface area contributed by atoms with Gasteiger partial charge >= 0.3 is 0 Å². The van der Waals surface area contributed by atoms with Crippen LogP contribution < -0.4 is 5.32 Å². The smallest absolute Gasteiger partial charge is 0.124 e. The summed E-state index contributed by atoms with van der Waals surface area (Å²) >= 11 is 0. The topological polar surface area (TPSA) is 17.0 Å². The molecule has 0 spiro atoms. The molecular formula is C20H17FN2. The summed E-state index contributed by atoms with van der Waals surface area (Å²) in [5.41, 5.74) is 5.69. The lowest BCUT2D eigenvalue weighted by Crippen LogP contribution is -2.24. The van der Waals surface area contributed by atoms with E-state index in [1.54, 1.807) is 6.07 Å². The van der Waals surface area contributed by atoms with Crippen molar-refractivity contribution in [3.8, 4) is 12.0 Å². The third-order valence-electron chi connectivity index (χ3n) is 4.31. The molecule has 0 bridgehead atoms. The van der Waals surface area contributed by atoms with Gasteiger partial charge in [-0.15, -0.1) is 0 Å². The second-order valence-corrected chi connectivity index (χ2v) is 5.96. The van der Waals surface area contributed by atoms with Gasteiger partial charge in [0, 0.05) is 42.2 Å². The van der Waals surface area contributed by atoms with Crippen LogP contribution in [0.3, 0.4) is 0 Å². The molecule has 0 saturated carbocycles. The van der Waals surface area contributed by atoms with Crippen molar-refractivity contribution in [2.24, 2.45) is 0 Å². The van der Waals surface area contributed by atoms with Crippen molar-refractivity contribution in [3.05, 3.63) is 70.7 Å². The number of aryl methyl sites for hydroxylation is 1. The van der Waals surface area contributed by atoms with E-state index in [2.05, 4.69) is 47.0 Å². The minimum Gasteiger partial charge on any atom is -0.312 e. The molecule has 0 atom stereocenters. The van der Waals surface area contributed by atoms with Crippen molar-refractivity contribution in [2.75, 3.05) is 6.54 Å². The molecule has 0 unspecified atom stereocenters. The van der Waals surface area contributed by atoms with Crippen LogP contribution in [0, 0.1) is 24.7 Å². The van der Waals surface area contributed by atoms with Crippen LogP contribution in [-0.2, 0) is 13.0 Å². The van der Waals surface area contributed by atoms with Crippen LogP contribution >= 0.6 is 0 Å². The first-order valence-electron chi connectivity index (χ1n) is 7.83. The standard InChI is InChI=1S/C20H17FN2/c1-14-5-6-19-17(11-14)18-13-22-9-7-20(18)23(19)10-8-15-3-2-4-16(21)12-15/h2-6,11-12,22H,7,9,13H2,1H3. The molecule has 0 radical (unpaired) electrons. The molecule has 1 aromatic heterocycles. The van der Waals surface area contributed by atoms with Gasteiger partial charge in [-0.3, -0.25) is 4.57 Å². The van der Waals surface area contributed by atoms with Gasteiger partial charge in [0.1, 0.15) is 5.82 Å². The molecule has 0 fully saturated rings. The van der Waals surface area contributed by atoms with Gasteiger partial charge in [-0.1, -0.05) is 17.7 Å². The molecule has 3 heteroatoms. The summed E-state index contributed by atoms with van der Waals surface area (Å²) in [6.45, 7) is 3.95. The Balaban J connectivity index is 1.90. The average Bonchev–Trinajstić information content (AvgIpc) is 2.86. The van der Waals surface area contributed by atoms with Crippen molar-refractivity contribution in [2.45, 2.75) is 19.9 Å². The summed E-state index contributed by atoms with van der Waals surface area (Å²) in [5.74, 6) is 2.84. The first kappa shape index (κ1) is 14.0. The van der Waals surface area contributed by atoms with Gasteiger partial charge in [-0.25, -0.2) is 4.39 Å². The Bertz CT molecular complexity index is 957. The largest absolute Gasteiger partial charge is 0.312 e. The number of hydrogen-bond acceptors (Lipinski definition) is 1. The fraction of sp³-hybridized carbons (Fsp3) is 0.200. The summed E-state index contributed by atoms with van der Waals surface area (Å²) in [4.78, 5) is 0. The van der Waals surface area contributed by atoms with E-state index in [0.717, 1.165) is 25.0 Å². The minimum atomic E-state index is -0.254. The molecular weight excluding hydrogens is 287 g/mol. The third-order valence-corrected chi connectivity index (χ3v) is 4.31. The van der Waals surface area contributed by atoms with E-state index in [-0.39, 0.29) is 5.82 Å². The van der Waals surface area contributed by atoms with Crippen LogP contribution in [0.1, 0.15) is 22.4 Å². The number of benzene rings is 2. The molecule has 1 N–H and O–H groups in total. The molecule has 2 aromatic carbocycles. The molecule has 3 aromatic rings. The number of nitrogens with one attached hydrogen (secondary N) is 1. The quantitative estimate of drug-likeness (QED) is 0.628. The van der Waals surface area contributed by atoms with Crippen molar-refractivity contribution >= 4 is 10.9 Å². The highest BCUT2D eigenvalue weighted by Crippen LogP contribution is 2.28. The third kappa shape index (κ3) is 2.52. The number of halogens is 1. The molecule has 0 amide bonds. The second kappa shape index (κ2) is 5.57. The molecule has 1 aliphatic heterocycles. The van der Waals surface area contributed by atoms with Crippen LogP contribution in [0.15, 0.2) is 42.5 Å². The first-order chi connectivity index (χ1) is 11.2. The zero-order chi connectivity index (χ0) is 15.8. The van der Waals surface area contributed by atoms with Gasteiger partial charge in [0.25, 0.3) is 0 Å². The van der Waals surface area contributed by atoms with Gasteiger partial charge < -0.3 is 5.32 Å². The SMILES string of the molecule is Cc1ccc2c(c1)c1c(n2C#Cc2cccc(F)c2)CCNC1. The van der Waals surface area contributed by atoms with E-state index in [4.69, 9.17) is 0 Å². The molecule has 23 heavy (non-hydrogen) atoms. The second-order valence-electron chi connectivity index (χ2n) is 5.96. The van der Waals surface area contributed by atoms with Gasteiger partial charge in [0.2, 0.25) is 0 Å². The monoisotopic (exact) mass is 304 g/mol. The Morgan fingerprint density at radius 1 is 1.17 bits per heavy atom. The number of nitrogens with zero attached hydrogens (tertiary/aromatic N) is 1. The Labute approximate surface area is 134 Å². The summed E-state index contributed by atoms with van der Waals surface area (Å²) in [6.07, 6.45) is 0.959. The summed E-state index contributed by atoms with van der Waals surface area (Å²) in [7, 11) is 0. The van der Waals surface area contributed by atoms with E-state index in [1.165, 1.54) is 34.3 Å². The van der Waals surface area contributed by atoms with E-state index >= 15 is 0 Å². The average molecular weight is 304 g/mol. The highest BCUT2D eigenvalue weighted by molar-refractivity contribution is 5.87. The van der Waals surface area contributed by atoms with E-state index in [1.807, 2.05) is 6.07 Å². The summed E-state index contributed by atoms with van der Waals surface area (Å²) in [6, 6.07) is 16.1. The maximum absolute atomic E-state index is 13.3. The molecule has 0 aliphatic carbocycles. The lowest BCUT2D eigenvalue weighted by atomic mass is 10.0. The van der Waals surface area contributed by atoms with E-state index in [9.17, 15) is 4.39 Å². The summed E-state index contributed by atoms with van der Waals surface area (Å²) in [5, 5.41) is 4.70. The molecule has 2 heterocycles. The van der Waals surface area contributed by atoms with Crippen molar-refractivity contribution < 1.29 is 4.39 Å². The van der Waals surface area contributed by atoms with E-state index in [0.29, 0.717) is 5.56 Å². The van der Waals surface area contributed by atoms with Crippen molar-refractivity contribution in [1.29, 1.82) is 0 Å². The fourth-order valence-corrected chi connectivity index (χ4v) is 3.22. The lowest BCUT2D eigenvalue weighted by Gasteiger charge is -2.14. The Morgan fingerprint density at radius 3 is 2.96 bits per heavy atom. The van der Waals surface area contributed by atoms with Gasteiger partial charge in [0.05, 0.1) is 5.52 Å². The maximum atomic E-state index is 13.3. The maximum Gasteiger partial charge on any atom is 0.124 e. The highest BCUT2D eigenvalue weighted by atomic mass is 19.1. The van der Waals surface area contributed by atoms with Crippen LogP contribution in [0.4, 0.5) is 4.39 Å². The number of hydrogen-bond donors (Lipinski definition) is 1. The fourth-order valence-electron chi connectivity index (χ4n) is 3.22. The molecule has 1 aliphatic rings. The van der Waals surface area contributed by atoms with E-state index < -0.39 is 0 Å². The minimum absolute atomic E-state index is 0.254. The van der Waals surface area contributed by atoms with Crippen LogP contribution in [0.25, 0.3) is 10.9 Å². The first-order valence-corrected chi connectivity index (χ1v) is 7.83. The molecule has 0 saturated heterocycles. The van der Waals surface area contributed by atoms with Gasteiger partial charge in [-0.05, 0) is 48.7 Å². The van der Waals surface area contributed by atoms with Gasteiger partial charge in [-0.2, -0.15) is 0 Å². The predicted octanol–water partition coefficient (Wildman–Crippen LogP) is 3.59. The van der Waals surface area contributed by atoms with Gasteiger partial charge in [0.15, 0.2) is 0 Å². The van der Waals surface area contributed by atoms with Crippen LogP contribution in [0.5, 0.6) is 0 Å². The zero-order valence-corrected chi connectivity index (χ0v) is 13.0. The van der Waals surface area contributed by atoms with Crippen molar-refractivity contribution in [3.63, 3.8) is 0 Å². The number of rotatable bonds is 0. The molecule has 2 nitrogen and oxygen atoms in total. The Hall–Kier alpha value is -2.57. The predicted molar refractivity (Wildman–Crippen MR) is 90.8 cm³/mol. The van der Waals surface area contributed by atoms with Crippen LogP contribution in [0.2, 0.25) is 0 Å². The molecule has 114 valence electrons. The lowest BCUT2D eigenvalue weighted by molar-refractivity contribution is 0.627. The molecule has 4 rings (SSSR count). The number of aromatic nitrogens is 1. The van der Waals surface area contributed by atoms with Crippen LogP contribution in [-0.4, -0.2) is 11.1 Å². The Kier molecular flexibility index (Phi) is 3.40.